The van der Waals surface area contributed by atoms with Crippen LogP contribution in [0, 0.1) is 6.92 Å². The zero-order valence-electron chi connectivity index (χ0n) is 8.65. The van der Waals surface area contributed by atoms with Crippen LogP contribution in [0.2, 0.25) is 0 Å². The average molecular weight is 209 g/mol. The molecule has 0 aliphatic heterocycles. The minimum atomic E-state index is -1.15. The van der Waals surface area contributed by atoms with Gasteiger partial charge >= 0.3 is 29.6 Å². The standard InChI is InChI=1S/C11H9NO2.Na/c1-7-5-12-6-8-3-2-4-9(10(7)8)11(13)14;/h2-6H,1H3,(H,13,14);/q;+1/p-1. The molecule has 0 atom stereocenters. The summed E-state index contributed by atoms with van der Waals surface area (Å²) in [5.74, 6) is -1.15. The van der Waals surface area contributed by atoms with Gasteiger partial charge in [-0.15, -0.1) is 0 Å². The molecule has 4 heteroatoms. The fourth-order valence-electron chi connectivity index (χ4n) is 1.58. The van der Waals surface area contributed by atoms with Crippen molar-refractivity contribution in [1.29, 1.82) is 0 Å². The SMILES string of the molecule is Cc1cncc2cccc(C(=O)[O-])c12.[Na+]. The van der Waals surface area contributed by atoms with Gasteiger partial charge in [0.15, 0.2) is 0 Å². The van der Waals surface area contributed by atoms with Crippen molar-refractivity contribution in [2.24, 2.45) is 0 Å². The smallest absolute Gasteiger partial charge is 0.545 e. The van der Waals surface area contributed by atoms with Crippen molar-refractivity contribution in [2.45, 2.75) is 6.92 Å². The molecule has 0 unspecified atom stereocenters. The van der Waals surface area contributed by atoms with Crippen LogP contribution in [0.25, 0.3) is 10.8 Å². The summed E-state index contributed by atoms with van der Waals surface area (Å²) in [6, 6.07) is 5.07. The molecule has 1 heterocycles. The number of rotatable bonds is 1. The summed E-state index contributed by atoms with van der Waals surface area (Å²) in [5.41, 5.74) is 1.07. The number of carbonyl (C=O) groups excluding carboxylic acids is 1. The first-order chi connectivity index (χ1) is 6.70. The number of carboxylic acid groups (broad SMARTS) is 1. The molecular weight excluding hydrogens is 201 g/mol. The Bertz CT molecular complexity index is 506. The van der Waals surface area contributed by atoms with Gasteiger partial charge in [-0.05, 0) is 17.9 Å². The van der Waals surface area contributed by atoms with Gasteiger partial charge in [-0.3, -0.25) is 4.98 Å². The third-order valence-corrected chi connectivity index (χ3v) is 2.19. The molecule has 0 radical (unpaired) electrons. The molecule has 2 rings (SSSR count). The number of aryl methyl sites for hydroxylation is 1. The van der Waals surface area contributed by atoms with Crippen LogP contribution in [0.15, 0.2) is 30.6 Å². The van der Waals surface area contributed by atoms with E-state index in [1.54, 1.807) is 24.5 Å². The average Bonchev–Trinajstić information content (AvgIpc) is 2.17. The molecule has 1 aromatic carbocycles. The van der Waals surface area contributed by atoms with Crippen molar-refractivity contribution in [3.05, 3.63) is 41.7 Å². The van der Waals surface area contributed by atoms with Gasteiger partial charge in [-0.1, -0.05) is 18.2 Å². The molecule has 15 heavy (non-hydrogen) atoms. The summed E-state index contributed by atoms with van der Waals surface area (Å²) in [6.07, 6.45) is 3.30. The summed E-state index contributed by atoms with van der Waals surface area (Å²) in [7, 11) is 0. The molecule has 0 fully saturated rings. The van der Waals surface area contributed by atoms with Crippen molar-refractivity contribution >= 4 is 16.7 Å². The molecule has 2 aromatic rings. The van der Waals surface area contributed by atoms with Crippen LogP contribution in [0.4, 0.5) is 0 Å². The third-order valence-electron chi connectivity index (χ3n) is 2.19. The van der Waals surface area contributed by atoms with Gasteiger partial charge in [0.05, 0.1) is 5.97 Å². The molecule has 0 saturated heterocycles. The number of pyridine rings is 1. The predicted octanol–water partition coefficient (Wildman–Crippen LogP) is -2.09. The van der Waals surface area contributed by atoms with Gasteiger partial charge in [-0.2, -0.15) is 0 Å². The first kappa shape index (κ1) is 12.2. The Balaban J connectivity index is 0.00000112. The quantitative estimate of drug-likeness (QED) is 0.506. The van der Waals surface area contributed by atoms with E-state index in [-0.39, 0.29) is 35.1 Å². The van der Waals surface area contributed by atoms with Gasteiger partial charge in [-0.25, -0.2) is 0 Å². The second kappa shape index (κ2) is 4.75. The van der Waals surface area contributed by atoms with E-state index in [4.69, 9.17) is 0 Å². The molecule has 0 aliphatic rings. The van der Waals surface area contributed by atoms with Crippen LogP contribution in [0.5, 0.6) is 0 Å². The van der Waals surface area contributed by atoms with E-state index < -0.39 is 5.97 Å². The summed E-state index contributed by atoms with van der Waals surface area (Å²) in [4.78, 5) is 14.8. The number of benzene rings is 1. The first-order valence-electron chi connectivity index (χ1n) is 4.25. The Hall–Kier alpha value is -0.900. The molecule has 0 bridgehead atoms. The maximum absolute atomic E-state index is 10.8. The van der Waals surface area contributed by atoms with Gasteiger partial charge in [0.1, 0.15) is 0 Å². The van der Waals surface area contributed by atoms with E-state index in [0.717, 1.165) is 10.9 Å². The number of carbonyl (C=O) groups is 1. The Morgan fingerprint density at radius 3 is 2.73 bits per heavy atom. The molecule has 70 valence electrons. The molecule has 3 nitrogen and oxygen atoms in total. The van der Waals surface area contributed by atoms with Crippen LogP contribution in [0.1, 0.15) is 15.9 Å². The summed E-state index contributed by atoms with van der Waals surface area (Å²) in [6.45, 7) is 1.84. The molecule has 0 N–H and O–H groups in total. The predicted molar refractivity (Wildman–Crippen MR) is 50.8 cm³/mol. The fourth-order valence-corrected chi connectivity index (χ4v) is 1.58. The third kappa shape index (κ3) is 2.20. The number of hydrogen-bond donors (Lipinski definition) is 0. The van der Waals surface area contributed by atoms with E-state index in [2.05, 4.69) is 4.98 Å². The molecule has 0 amide bonds. The topological polar surface area (TPSA) is 53.0 Å². The Morgan fingerprint density at radius 2 is 2.07 bits per heavy atom. The van der Waals surface area contributed by atoms with E-state index in [0.29, 0.717) is 5.39 Å². The molecule has 0 aliphatic carbocycles. The Kier molecular flexibility index (Phi) is 3.85. The molecular formula is C11H8NNaO2. The molecule has 0 spiro atoms. The van der Waals surface area contributed by atoms with Crippen LogP contribution >= 0.6 is 0 Å². The maximum atomic E-state index is 10.8. The molecule has 0 saturated carbocycles. The minimum absolute atomic E-state index is 0. The van der Waals surface area contributed by atoms with Crippen LogP contribution in [-0.2, 0) is 0 Å². The van der Waals surface area contributed by atoms with Crippen LogP contribution < -0.4 is 34.7 Å². The van der Waals surface area contributed by atoms with E-state index in [9.17, 15) is 9.90 Å². The van der Waals surface area contributed by atoms with Gasteiger partial charge < -0.3 is 9.90 Å². The van der Waals surface area contributed by atoms with Crippen molar-refractivity contribution in [3.63, 3.8) is 0 Å². The summed E-state index contributed by atoms with van der Waals surface area (Å²) < 4.78 is 0. The number of carboxylic acids is 1. The van der Waals surface area contributed by atoms with E-state index in [1.165, 1.54) is 0 Å². The number of aromatic carboxylic acids is 1. The van der Waals surface area contributed by atoms with Crippen molar-refractivity contribution in [2.75, 3.05) is 0 Å². The van der Waals surface area contributed by atoms with Crippen molar-refractivity contribution in [3.8, 4) is 0 Å². The zero-order valence-corrected chi connectivity index (χ0v) is 10.7. The first-order valence-corrected chi connectivity index (χ1v) is 4.25. The Labute approximate surface area is 109 Å². The van der Waals surface area contributed by atoms with E-state index in [1.807, 2.05) is 13.0 Å². The number of hydrogen-bond acceptors (Lipinski definition) is 3. The monoisotopic (exact) mass is 209 g/mol. The minimum Gasteiger partial charge on any atom is -0.545 e. The number of fused-ring (bicyclic) bond motifs is 1. The Morgan fingerprint density at radius 1 is 1.33 bits per heavy atom. The van der Waals surface area contributed by atoms with Crippen LogP contribution in [-0.4, -0.2) is 11.0 Å². The maximum Gasteiger partial charge on any atom is 1.00 e. The van der Waals surface area contributed by atoms with Crippen molar-refractivity contribution < 1.29 is 39.5 Å². The fraction of sp³-hybridized carbons (Fsp3) is 0.0909. The molecule has 1 aromatic heterocycles. The summed E-state index contributed by atoms with van der Waals surface area (Å²) in [5, 5.41) is 12.4. The summed E-state index contributed by atoms with van der Waals surface area (Å²) >= 11 is 0. The largest absolute Gasteiger partial charge is 1.00 e. The number of nitrogens with zero attached hydrogens (tertiary/aromatic N) is 1. The van der Waals surface area contributed by atoms with Gasteiger partial charge in [0.2, 0.25) is 0 Å². The second-order valence-corrected chi connectivity index (χ2v) is 3.15. The van der Waals surface area contributed by atoms with E-state index >= 15 is 0 Å². The normalized spacial score (nSPS) is 9.67. The van der Waals surface area contributed by atoms with Crippen LogP contribution in [0.3, 0.4) is 0 Å². The van der Waals surface area contributed by atoms with Gasteiger partial charge in [0.25, 0.3) is 0 Å². The van der Waals surface area contributed by atoms with Gasteiger partial charge in [0, 0.05) is 23.3 Å². The zero-order chi connectivity index (χ0) is 10.1. The second-order valence-electron chi connectivity index (χ2n) is 3.15. The number of aromatic nitrogens is 1. The van der Waals surface area contributed by atoms with Crippen molar-refractivity contribution in [1.82, 2.24) is 4.98 Å².